The van der Waals surface area contributed by atoms with Gasteiger partial charge in [-0.2, -0.15) is 0 Å². The largest absolute Gasteiger partial charge is 0.467 e. The van der Waals surface area contributed by atoms with Gasteiger partial charge >= 0.3 is 0 Å². The molecular formula is C19H26N2O4. The van der Waals surface area contributed by atoms with E-state index in [0.717, 1.165) is 38.1 Å². The zero-order chi connectivity index (χ0) is 17.6. The fourth-order valence-corrected chi connectivity index (χ4v) is 3.12. The van der Waals surface area contributed by atoms with Crippen LogP contribution < -0.4 is 0 Å². The fourth-order valence-electron chi connectivity index (χ4n) is 3.12. The van der Waals surface area contributed by atoms with E-state index in [2.05, 4.69) is 6.58 Å². The van der Waals surface area contributed by atoms with Crippen molar-refractivity contribution in [2.24, 2.45) is 5.92 Å². The molecule has 2 fully saturated rings. The second kappa shape index (κ2) is 8.34. The Morgan fingerprint density at radius 3 is 2.72 bits per heavy atom. The highest BCUT2D eigenvalue weighted by atomic mass is 16.5. The van der Waals surface area contributed by atoms with Gasteiger partial charge in [0.1, 0.15) is 12.3 Å². The number of rotatable bonds is 9. The average molecular weight is 346 g/mol. The number of carbonyl (C=O) groups excluding carboxylic acids is 2. The molecule has 6 heteroatoms. The van der Waals surface area contributed by atoms with Gasteiger partial charge < -0.3 is 19.0 Å². The Balaban J connectivity index is 1.65. The van der Waals surface area contributed by atoms with Gasteiger partial charge in [-0.15, -0.1) is 6.58 Å². The van der Waals surface area contributed by atoms with E-state index >= 15 is 0 Å². The third kappa shape index (κ3) is 4.95. The Morgan fingerprint density at radius 2 is 2.12 bits per heavy atom. The van der Waals surface area contributed by atoms with E-state index < -0.39 is 0 Å². The molecule has 0 unspecified atom stereocenters. The summed E-state index contributed by atoms with van der Waals surface area (Å²) in [5, 5.41) is 0. The molecule has 1 aliphatic carbocycles. The van der Waals surface area contributed by atoms with Crippen LogP contribution in [0, 0.1) is 5.92 Å². The van der Waals surface area contributed by atoms with E-state index in [1.165, 1.54) is 0 Å². The van der Waals surface area contributed by atoms with Crippen molar-refractivity contribution >= 4 is 11.8 Å². The normalized spacial score (nSPS) is 19.6. The first-order valence-electron chi connectivity index (χ1n) is 8.99. The van der Waals surface area contributed by atoms with Crippen LogP contribution in [0.2, 0.25) is 0 Å². The minimum Gasteiger partial charge on any atom is -0.467 e. The van der Waals surface area contributed by atoms with Gasteiger partial charge in [-0.3, -0.25) is 9.59 Å². The maximum absolute atomic E-state index is 12.9. The number of hydrogen-bond acceptors (Lipinski definition) is 4. The Hall–Kier alpha value is -2.08. The molecule has 0 aromatic carbocycles. The van der Waals surface area contributed by atoms with Gasteiger partial charge in [-0.25, -0.2) is 0 Å². The lowest BCUT2D eigenvalue weighted by atomic mass is 10.2. The first-order chi connectivity index (χ1) is 12.2. The molecule has 1 saturated carbocycles. The highest BCUT2D eigenvalue weighted by Crippen LogP contribution is 2.31. The van der Waals surface area contributed by atoms with Crippen molar-refractivity contribution in [2.45, 2.75) is 38.3 Å². The number of nitrogens with zero attached hydrogens (tertiary/aromatic N) is 2. The first-order valence-corrected chi connectivity index (χ1v) is 8.99. The topological polar surface area (TPSA) is 63.0 Å². The molecule has 1 aromatic rings. The van der Waals surface area contributed by atoms with Crippen molar-refractivity contribution in [1.29, 1.82) is 0 Å². The Morgan fingerprint density at radius 1 is 1.28 bits per heavy atom. The minimum absolute atomic E-state index is 0.0586. The van der Waals surface area contributed by atoms with E-state index in [9.17, 15) is 9.59 Å². The molecule has 1 aliphatic heterocycles. The second-order valence-electron chi connectivity index (χ2n) is 6.77. The van der Waals surface area contributed by atoms with E-state index in [0.29, 0.717) is 19.6 Å². The van der Waals surface area contributed by atoms with E-state index in [1.807, 2.05) is 12.1 Å². The van der Waals surface area contributed by atoms with Gasteiger partial charge in [0, 0.05) is 25.6 Å². The van der Waals surface area contributed by atoms with Crippen molar-refractivity contribution in [1.82, 2.24) is 9.80 Å². The summed E-state index contributed by atoms with van der Waals surface area (Å²) in [7, 11) is 0. The van der Waals surface area contributed by atoms with E-state index in [1.54, 1.807) is 22.1 Å². The maximum atomic E-state index is 12.9. The lowest BCUT2D eigenvalue weighted by Crippen LogP contribution is -2.45. The zero-order valence-corrected chi connectivity index (χ0v) is 14.6. The molecule has 2 heterocycles. The maximum Gasteiger partial charge on any atom is 0.242 e. The van der Waals surface area contributed by atoms with Crippen molar-refractivity contribution < 1.29 is 18.7 Å². The molecule has 2 aliphatic rings. The minimum atomic E-state index is -0.0808. The Bertz CT molecular complexity index is 589. The predicted molar refractivity (Wildman–Crippen MR) is 92.6 cm³/mol. The van der Waals surface area contributed by atoms with Crippen LogP contribution in [0.5, 0.6) is 0 Å². The zero-order valence-electron chi connectivity index (χ0n) is 14.6. The molecule has 0 radical (unpaired) electrons. The van der Waals surface area contributed by atoms with Crippen LogP contribution in [0.25, 0.3) is 0 Å². The van der Waals surface area contributed by atoms with Crippen molar-refractivity contribution in [2.75, 3.05) is 26.2 Å². The van der Waals surface area contributed by atoms with Crippen molar-refractivity contribution in [3.05, 3.63) is 36.8 Å². The predicted octanol–water partition coefficient (Wildman–Crippen LogP) is 2.21. The number of carbonyl (C=O) groups is 2. The molecule has 1 aromatic heterocycles. The van der Waals surface area contributed by atoms with Gasteiger partial charge in [0.05, 0.1) is 18.9 Å². The van der Waals surface area contributed by atoms with Gasteiger partial charge in [0.25, 0.3) is 0 Å². The summed E-state index contributed by atoms with van der Waals surface area (Å²) in [4.78, 5) is 28.6. The second-order valence-corrected chi connectivity index (χ2v) is 6.77. The summed E-state index contributed by atoms with van der Waals surface area (Å²) in [6.07, 6.45) is 7.16. The Kier molecular flexibility index (Phi) is 5.91. The highest BCUT2D eigenvalue weighted by molar-refractivity contribution is 5.87. The number of ether oxygens (including phenoxy) is 1. The number of hydrogen-bond donors (Lipinski definition) is 0. The molecular weight excluding hydrogens is 320 g/mol. The molecule has 2 amide bonds. The van der Waals surface area contributed by atoms with Gasteiger partial charge in [-0.05, 0) is 37.8 Å². The average Bonchev–Trinajstić information content (AvgIpc) is 3.08. The van der Waals surface area contributed by atoms with Crippen molar-refractivity contribution in [3.8, 4) is 0 Å². The van der Waals surface area contributed by atoms with Crippen molar-refractivity contribution in [3.63, 3.8) is 0 Å². The monoisotopic (exact) mass is 346 g/mol. The smallest absolute Gasteiger partial charge is 0.242 e. The molecule has 0 bridgehead atoms. The highest BCUT2D eigenvalue weighted by Gasteiger charge is 2.34. The van der Waals surface area contributed by atoms with Crippen LogP contribution >= 0.6 is 0 Å². The molecule has 6 nitrogen and oxygen atoms in total. The standard InChI is InChI=1S/C19H26N2O4/c1-2-9-20(19(23)15-7-8-15)14-18(22)21(12-16-5-3-10-24-16)13-17-6-4-11-25-17/h2-3,5,10,15,17H,1,4,6-9,11-14H2/t17-/m0/s1. The Labute approximate surface area is 148 Å². The summed E-state index contributed by atoms with van der Waals surface area (Å²) < 4.78 is 11.1. The van der Waals surface area contributed by atoms with Gasteiger partial charge in [-0.1, -0.05) is 6.08 Å². The van der Waals surface area contributed by atoms with E-state index in [4.69, 9.17) is 9.15 Å². The summed E-state index contributed by atoms with van der Waals surface area (Å²) in [5.41, 5.74) is 0. The third-order valence-corrected chi connectivity index (χ3v) is 4.64. The lowest BCUT2D eigenvalue weighted by molar-refractivity contribution is -0.142. The molecule has 1 saturated heterocycles. The number of furan rings is 1. The molecule has 0 N–H and O–H groups in total. The van der Waals surface area contributed by atoms with Gasteiger partial charge in [0.2, 0.25) is 11.8 Å². The summed E-state index contributed by atoms with van der Waals surface area (Å²) in [6, 6.07) is 3.66. The molecule has 1 atom stereocenters. The molecule has 136 valence electrons. The SMILES string of the molecule is C=CCN(CC(=O)N(Cc1ccco1)C[C@@H]1CCCO1)C(=O)C1CC1. The quantitative estimate of drug-likeness (QED) is 0.643. The first kappa shape index (κ1) is 17.7. The fraction of sp³-hybridized carbons (Fsp3) is 0.579. The van der Waals surface area contributed by atoms with Crippen LogP contribution in [0.3, 0.4) is 0 Å². The van der Waals surface area contributed by atoms with E-state index in [-0.39, 0.29) is 30.4 Å². The van der Waals surface area contributed by atoms with Crippen LogP contribution in [0.1, 0.15) is 31.4 Å². The van der Waals surface area contributed by atoms with Crippen LogP contribution in [-0.2, 0) is 20.9 Å². The molecule has 0 spiro atoms. The van der Waals surface area contributed by atoms with Crippen LogP contribution in [-0.4, -0.2) is 54.0 Å². The van der Waals surface area contributed by atoms with Crippen LogP contribution in [0.4, 0.5) is 0 Å². The third-order valence-electron chi connectivity index (χ3n) is 4.64. The summed E-state index contributed by atoms with van der Waals surface area (Å²) >= 11 is 0. The number of amides is 2. The lowest BCUT2D eigenvalue weighted by Gasteiger charge is -2.28. The summed E-state index contributed by atoms with van der Waals surface area (Å²) in [6.45, 7) is 5.85. The molecule has 25 heavy (non-hydrogen) atoms. The summed E-state index contributed by atoms with van der Waals surface area (Å²) in [5.74, 6) is 0.797. The van der Waals surface area contributed by atoms with Crippen LogP contribution in [0.15, 0.2) is 35.5 Å². The van der Waals surface area contributed by atoms with Gasteiger partial charge in [0.15, 0.2) is 0 Å². The molecule has 3 rings (SSSR count).